The largest absolute Gasteiger partial charge is 0.508 e. The Bertz CT molecular complexity index is 803. The SMILES string of the molecule is O=C(Cc1cc(=O)oc2cc(O)ccc12)NCCCCCCCCCCCS. The highest BCUT2D eigenvalue weighted by molar-refractivity contribution is 7.80. The van der Waals surface area contributed by atoms with E-state index < -0.39 is 5.63 Å². The van der Waals surface area contributed by atoms with Gasteiger partial charge in [0.25, 0.3) is 0 Å². The van der Waals surface area contributed by atoms with Crippen LogP contribution in [0.5, 0.6) is 5.75 Å². The third-order valence-electron chi connectivity index (χ3n) is 4.82. The molecule has 0 spiro atoms. The van der Waals surface area contributed by atoms with E-state index in [0.717, 1.165) is 18.6 Å². The van der Waals surface area contributed by atoms with Crippen molar-refractivity contribution in [1.29, 1.82) is 0 Å². The molecule has 1 aromatic heterocycles. The molecule has 0 aliphatic carbocycles. The van der Waals surface area contributed by atoms with Gasteiger partial charge in [-0.1, -0.05) is 44.9 Å². The van der Waals surface area contributed by atoms with Gasteiger partial charge in [0.05, 0.1) is 6.42 Å². The highest BCUT2D eigenvalue weighted by Crippen LogP contribution is 2.22. The summed E-state index contributed by atoms with van der Waals surface area (Å²) in [5.74, 6) is 0.905. The van der Waals surface area contributed by atoms with Crippen LogP contribution >= 0.6 is 12.6 Å². The predicted molar refractivity (Wildman–Crippen MR) is 116 cm³/mol. The molecule has 0 saturated heterocycles. The predicted octanol–water partition coefficient (Wildman–Crippen LogP) is 4.60. The lowest BCUT2D eigenvalue weighted by atomic mass is 10.1. The fourth-order valence-electron chi connectivity index (χ4n) is 3.30. The minimum absolute atomic E-state index is 0.0231. The molecular weight excluding hydrogens is 374 g/mol. The molecule has 2 aromatic rings. The molecule has 28 heavy (non-hydrogen) atoms. The van der Waals surface area contributed by atoms with Gasteiger partial charge in [0.15, 0.2) is 0 Å². The first-order chi connectivity index (χ1) is 13.6. The molecule has 0 aliphatic heterocycles. The number of carbonyl (C=O) groups excluding carboxylic acids is 1. The Hall–Kier alpha value is -1.95. The third kappa shape index (κ3) is 7.97. The lowest BCUT2D eigenvalue weighted by Gasteiger charge is -2.07. The maximum absolute atomic E-state index is 12.2. The van der Waals surface area contributed by atoms with E-state index >= 15 is 0 Å². The normalized spacial score (nSPS) is 11.0. The summed E-state index contributed by atoms with van der Waals surface area (Å²) in [6, 6.07) is 5.91. The van der Waals surface area contributed by atoms with Crippen LogP contribution in [0.2, 0.25) is 0 Å². The second kappa shape index (κ2) is 12.5. The molecule has 2 N–H and O–H groups in total. The number of phenolic OH excluding ortho intramolecular Hbond substituents is 1. The number of fused-ring (bicyclic) bond motifs is 1. The van der Waals surface area contributed by atoms with Crippen LogP contribution in [0.25, 0.3) is 11.0 Å². The Morgan fingerprint density at radius 3 is 2.29 bits per heavy atom. The minimum atomic E-state index is -0.522. The van der Waals surface area contributed by atoms with Gasteiger partial charge in [-0.25, -0.2) is 4.79 Å². The fraction of sp³-hybridized carbons (Fsp3) is 0.545. The van der Waals surface area contributed by atoms with Crippen molar-refractivity contribution in [3.63, 3.8) is 0 Å². The molecule has 154 valence electrons. The summed E-state index contributed by atoms with van der Waals surface area (Å²) >= 11 is 4.22. The van der Waals surface area contributed by atoms with Crippen LogP contribution in [-0.4, -0.2) is 23.3 Å². The van der Waals surface area contributed by atoms with Crippen molar-refractivity contribution in [2.45, 2.75) is 64.2 Å². The molecule has 1 aromatic carbocycles. The van der Waals surface area contributed by atoms with Gasteiger partial charge in [0.1, 0.15) is 11.3 Å². The number of hydrogen-bond acceptors (Lipinski definition) is 5. The monoisotopic (exact) mass is 405 g/mol. The van der Waals surface area contributed by atoms with Crippen LogP contribution < -0.4 is 10.9 Å². The molecule has 1 amide bonds. The molecule has 5 nitrogen and oxygen atoms in total. The van der Waals surface area contributed by atoms with E-state index in [1.165, 1.54) is 63.1 Å². The summed E-state index contributed by atoms with van der Waals surface area (Å²) in [4.78, 5) is 23.9. The number of carbonyl (C=O) groups is 1. The molecular formula is C22H31NO4S. The van der Waals surface area contributed by atoms with Gasteiger partial charge in [-0.3, -0.25) is 4.79 Å². The molecule has 0 aliphatic rings. The summed E-state index contributed by atoms with van der Waals surface area (Å²) in [5.41, 5.74) is 0.383. The van der Waals surface area contributed by atoms with Gasteiger partial charge in [0, 0.05) is 24.1 Å². The molecule has 0 bridgehead atoms. The van der Waals surface area contributed by atoms with E-state index in [9.17, 15) is 14.7 Å². The molecule has 1 heterocycles. The Balaban J connectivity index is 1.64. The number of phenols is 1. The first kappa shape index (κ1) is 22.3. The number of nitrogens with one attached hydrogen (secondary N) is 1. The van der Waals surface area contributed by atoms with Gasteiger partial charge >= 0.3 is 5.63 Å². The zero-order valence-corrected chi connectivity index (χ0v) is 17.3. The smallest absolute Gasteiger partial charge is 0.336 e. The van der Waals surface area contributed by atoms with Gasteiger partial charge in [-0.2, -0.15) is 12.6 Å². The number of aromatic hydroxyl groups is 1. The molecule has 0 atom stereocenters. The van der Waals surface area contributed by atoms with Crippen LogP contribution in [-0.2, 0) is 11.2 Å². The molecule has 0 unspecified atom stereocenters. The van der Waals surface area contributed by atoms with Crippen LogP contribution in [0.3, 0.4) is 0 Å². The van der Waals surface area contributed by atoms with Crippen LogP contribution in [0.4, 0.5) is 0 Å². The van der Waals surface area contributed by atoms with Crippen molar-refractivity contribution in [3.05, 3.63) is 40.2 Å². The number of thiol groups is 1. The Morgan fingerprint density at radius 2 is 1.61 bits per heavy atom. The quantitative estimate of drug-likeness (QED) is 0.258. The molecule has 2 rings (SSSR count). The van der Waals surface area contributed by atoms with Crippen molar-refractivity contribution in [1.82, 2.24) is 5.32 Å². The van der Waals surface area contributed by atoms with Crippen molar-refractivity contribution < 1.29 is 14.3 Å². The minimum Gasteiger partial charge on any atom is -0.508 e. The van der Waals surface area contributed by atoms with E-state index in [0.29, 0.717) is 23.1 Å². The summed E-state index contributed by atoms with van der Waals surface area (Å²) in [5, 5.41) is 13.1. The number of rotatable bonds is 13. The second-order valence-electron chi connectivity index (χ2n) is 7.20. The maximum Gasteiger partial charge on any atom is 0.336 e. The van der Waals surface area contributed by atoms with Crippen molar-refractivity contribution in [2.24, 2.45) is 0 Å². The topological polar surface area (TPSA) is 79.5 Å². The summed E-state index contributed by atoms with van der Waals surface area (Å²) in [6.45, 7) is 0.654. The van der Waals surface area contributed by atoms with E-state index in [2.05, 4.69) is 17.9 Å². The second-order valence-corrected chi connectivity index (χ2v) is 7.65. The first-order valence-electron chi connectivity index (χ1n) is 10.2. The van der Waals surface area contributed by atoms with Crippen LogP contribution in [0.15, 0.2) is 33.5 Å². The lowest BCUT2D eigenvalue weighted by Crippen LogP contribution is -2.26. The average Bonchev–Trinajstić information content (AvgIpc) is 2.65. The van der Waals surface area contributed by atoms with Gasteiger partial charge in [0.2, 0.25) is 5.91 Å². The Morgan fingerprint density at radius 1 is 0.964 bits per heavy atom. The van der Waals surface area contributed by atoms with Crippen molar-refractivity contribution >= 4 is 29.5 Å². The standard InChI is InChI=1S/C22H31NO4S/c24-18-10-11-19-17(15-22(26)27-20(19)16-18)14-21(25)23-12-8-6-4-2-1-3-5-7-9-13-28/h10-11,15-16,24,28H,1-9,12-14H2,(H,23,25). The van der Waals surface area contributed by atoms with E-state index in [-0.39, 0.29) is 18.1 Å². The number of amides is 1. The summed E-state index contributed by atoms with van der Waals surface area (Å²) in [7, 11) is 0. The van der Waals surface area contributed by atoms with Crippen LogP contribution in [0.1, 0.15) is 63.4 Å². The lowest BCUT2D eigenvalue weighted by molar-refractivity contribution is -0.120. The highest BCUT2D eigenvalue weighted by atomic mass is 32.1. The third-order valence-corrected chi connectivity index (χ3v) is 5.14. The highest BCUT2D eigenvalue weighted by Gasteiger charge is 2.10. The first-order valence-corrected chi connectivity index (χ1v) is 10.9. The number of hydrogen-bond donors (Lipinski definition) is 3. The average molecular weight is 406 g/mol. The molecule has 6 heteroatoms. The molecule has 0 fully saturated rings. The molecule has 0 radical (unpaired) electrons. The van der Waals surface area contributed by atoms with E-state index in [4.69, 9.17) is 4.42 Å². The fourth-order valence-corrected chi connectivity index (χ4v) is 3.53. The van der Waals surface area contributed by atoms with E-state index in [1.807, 2.05) is 0 Å². The maximum atomic E-state index is 12.2. The van der Waals surface area contributed by atoms with Crippen LogP contribution in [0, 0.1) is 0 Å². The zero-order chi connectivity index (χ0) is 20.2. The molecule has 0 saturated carbocycles. The van der Waals surface area contributed by atoms with Gasteiger partial charge < -0.3 is 14.8 Å². The van der Waals surface area contributed by atoms with Gasteiger partial charge in [-0.15, -0.1) is 0 Å². The number of unbranched alkanes of at least 4 members (excludes halogenated alkanes) is 8. The van der Waals surface area contributed by atoms with Crippen molar-refractivity contribution in [2.75, 3.05) is 12.3 Å². The van der Waals surface area contributed by atoms with Gasteiger partial charge in [-0.05, 0) is 36.3 Å². The zero-order valence-electron chi connectivity index (χ0n) is 16.4. The Kier molecular flexibility index (Phi) is 9.97. The Labute approximate surface area is 171 Å². The van der Waals surface area contributed by atoms with E-state index in [1.54, 1.807) is 6.07 Å². The van der Waals surface area contributed by atoms with Crippen molar-refractivity contribution in [3.8, 4) is 5.75 Å². The summed E-state index contributed by atoms with van der Waals surface area (Å²) < 4.78 is 5.09. The summed E-state index contributed by atoms with van der Waals surface area (Å²) in [6.07, 6.45) is 11.1. The number of benzene rings is 1.